The van der Waals surface area contributed by atoms with Crippen LogP contribution in [0, 0.1) is 0 Å². The molecule has 0 saturated heterocycles. The number of alkyl halides is 2. The normalized spacial score (nSPS) is 14.2. The summed E-state index contributed by atoms with van der Waals surface area (Å²) >= 11 is 0. The summed E-state index contributed by atoms with van der Waals surface area (Å²) in [5.41, 5.74) is 0. The predicted octanol–water partition coefficient (Wildman–Crippen LogP) is 2.19. The van der Waals surface area contributed by atoms with Gasteiger partial charge >= 0.3 is 6.70 Å². The summed E-state index contributed by atoms with van der Waals surface area (Å²) < 4.78 is 46.1. The quantitative estimate of drug-likeness (QED) is 0.376. The molecule has 0 rings (SSSR count). The molecule has 0 radical (unpaired) electrons. The molecule has 0 spiro atoms. The zero-order chi connectivity index (χ0) is 7.00. The van der Waals surface area contributed by atoms with Gasteiger partial charge in [0.25, 0.3) is 0 Å². The molecule has 0 aromatic rings. The predicted molar refractivity (Wildman–Crippen MR) is 24.5 cm³/mol. The molecule has 0 saturated carbocycles. The van der Waals surface area contributed by atoms with Gasteiger partial charge in [-0.15, -0.1) is 6.82 Å². The third kappa shape index (κ3) is 1.72. The third-order valence-corrected chi connectivity index (χ3v) is 0.890. The van der Waals surface area contributed by atoms with Crippen LogP contribution < -0.4 is 0 Å². The van der Waals surface area contributed by atoms with Crippen LogP contribution in [0.25, 0.3) is 0 Å². The first-order valence-corrected chi connectivity index (χ1v) is 2.18. The van der Waals surface area contributed by atoms with Crippen LogP contribution in [0.4, 0.5) is 17.4 Å². The zero-order valence-electron chi connectivity index (χ0n) is 4.59. The Balaban J connectivity index is 4.02. The van der Waals surface area contributed by atoms with Gasteiger partial charge in [-0.3, -0.25) is 0 Å². The van der Waals surface area contributed by atoms with Crippen LogP contribution in [0.15, 0.2) is 0 Å². The maximum atomic E-state index is 11.5. The fourth-order valence-electron chi connectivity index (χ4n) is 0. The van der Waals surface area contributed by atoms with Crippen molar-refractivity contribution in [2.75, 3.05) is 0 Å². The summed E-state index contributed by atoms with van der Waals surface area (Å²) in [5.74, 6) is -3.83. The molecule has 0 nitrogen and oxygen atoms in total. The highest BCUT2D eigenvalue weighted by Gasteiger charge is 2.41. The summed E-state index contributed by atoms with van der Waals surface area (Å²) in [7, 11) is 0. The summed E-state index contributed by atoms with van der Waals surface area (Å²) in [6.45, 7) is -4.01. The van der Waals surface area contributed by atoms with E-state index in [1.165, 1.54) is 0 Å². The first kappa shape index (κ1) is 7.78. The SMILES string of the molecule is C[B-](F)(F)C(C)(F)F. The Hall–Kier alpha value is -0.215. The van der Waals surface area contributed by atoms with Crippen molar-refractivity contribution in [2.24, 2.45) is 0 Å². The highest BCUT2D eigenvalue weighted by molar-refractivity contribution is 6.67. The standard InChI is InChI=1S/C3H6BF4/c1-3(5,6)4(2,7)8/h1-2H3/q-1. The lowest BCUT2D eigenvalue weighted by Crippen LogP contribution is -2.39. The number of halogens is 4. The van der Waals surface area contributed by atoms with E-state index in [1.807, 2.05) is 0 Å². The van der Waals surface area contributed by atoms with Gasteiger partial charge in [0, 0.05) is 0 Å². The van der Waals surface area contributed by atoms with E-state index in [0.29, 0.717) is 0 Å². The molecule has 0 bridgehead atoms. The van der Waals surface area contributed by atoms with Crippen LogP contribution in [0.1, 0.15) is 6.92 Å². The summed E-state index contributed by atoms with van der Waals surface area (Å²) in [6.07, 6.45) is 0. The second-order valence-corrected chi connectivity index (χ2v) is 1.98. The molecule has 5 heteroatoms. The molecule has 0 atom stereocenters. The molecule has 0 aromatic heterocycles. The fourth-order valence-corrected chi connectivity index (χ4v) is 0. The van der Waals surface area contributed by atoms with Crippen LogP contribution in [0.5, 0.6) is 0 Å². The molecule has 0 aromatic carbocycles. The van der Waals surface area contributed by atoms with Crippen molar-refractivity contribution in [1.29, 1.82) is 0 Å². The topological polar surface area (TPSA) is 0 Å². The summed E-state index contributed by atoms with van der Waals surface area (Å²) in [4.78, 5) is 0. The van der Waals surface area contributed by atoms with Crippen molar-refractivity contribution in [3.05, 3.63) is 0 Å². The second-order valence-electron chi connectivity index (χ2n) is 1.98. The van der Waals surface area contributed by atoms with Crippen molar-refractivity contribution in [1.82, 2.24) is 0 Å². The molecule has 0 heterocycles. The second kappa shape index (κ2) is 1.63. The van der Waals surface area contributed by atoms with E-state index in [9.17, 15) is 17.4 Å². The fraction of sp³-hybridized carbons (Fsp3) is 1.00. The Labute approximate surface area is 44.9 Å². The Bertz CT molecular complexity index is 66.3. The molecule has 0 aliphatic carbocycles. The van der Waals surface area contributed by atoms with Gasteiger partial charge in [0.05, 0.1) is 0 Å². The number of rotatable bonds is 1. The van der Waals surface area contributed by atoms with Gasteiger partial charge in [0.1, 0.15) is 0 Å². The van der Waals surface area contributed by atoms with Gasteiger partial charge < -0.3 is 8.63 Å². The molecule has 0 aliphatic heterocycles. The molecule has 0 unspecified atom stereocenters. The van der Waals surface area contributed by atoms with E-state index in [2.05, 4.69) is 0 Å². The van der Waals surface area contributed by atoms with Crippen molar-refractivity contribution >= 4 is 6.70 Å². The van der Waals surface area contributed by atoms with Gasteiger partial charge in [-0.1, -0.05) is 0 Å². The van der Waals surface area contributed by atoms with Gasteiger partial charge in [0.2, 0.25) is 0 Å². The Morgan fingerprint density at radius 2 is 1.38 bits per heavy atom. The highest BCUT2D eigenvalue weighted by Crippen LogP contribution is 2.27. The average molecular weight is 129 g/mol. The maximum absolute atomic E-state index is 11.5. The van der Waals surface area contributed by atoms with E-state index in [4.69, 9.17) is 0 Å². The Kier molecular flexibility index (Phi) is 1.59. The largest absolute Gasteiger partial charge is 0.473 e. The van der Waals surface area contributed by atoms with Gasteiger partial charge in [0.15, 0.2) is 5.82 Å². The minimum absolute atomic E-state index is 0.215. The van der Waals surface area contributed by atoms with Crippen LogP contribution in [-0.4, -0.2) is 12.5 Å². The summed E-state index contributed by atoms with van der Waals surface area (Å²) in [5, 5.41) is 0. The van der Waals surface area contributed by atoms with Crippen molar-refractivity contribution in [3.63, 3.8) is 0 Å². The molecular weight excluding hydrogens is 123 g/mol. The minimum Gasteiger partial charge on any atom is -0.473 e. The lowest BCUT2D eigenvalue weighted by atomic mass is 9.62. The van der Waals surface area contributed by atoms with Crippen LogP contribution in [-0.2, 0) is 0 Å². The molecule has 50 valence electrons. The smallest absolute Gasteiger partial charge is 0.370 e. The number of hydrogen-bond acceptors (Lipinski definition) is 0. The molecule has 8 heavy (non-hydrogen) atoms. The van der Waals surface area contributed by atoms with Crippen LogP contribution in [0.2, 0.25) is 6.82 Å². The third-order valence-electron chi connectivity index (χ3n) is 0.890. The van der Waals surface area contributed by atoms with Gasteiger partial charge in [-0.25, -0.2) is 8.78 Å². The average Bonchev–Trinajstić information content (AvgIpc) is 1.25. The molecule has 0 N–H and O–H groups in total. The van der Waals surface area contributed by atoms with E-state index >= 15 is 0 Å². The molecule has 0 amide bonds. The van der Waals surface area contributed by atoms with E-state index in [-0.39, 0.29) is 13.7 Å². The molecular formula is C3H6BF4-. The highest BCUT2D eigenvalue weighted by atomic mass is 19.3. The lowest BCUT2D eigenvalue weighted by molar-refractivity contribution is 0.0792. The first-order valence-electron chi connectivity index (χ1n) is 2.18. The minimum atomic E-state index is -4.48. The van der Waals surface area contributed by atoms with E-state index < -0.39 is 12.5 Å². The molecule has 0 aliphatic rings. The lowest BCUT2D eigenvalue weighted by Gasteiger charge is -2.25. The maximum Gasteiger partial charge on any atom is 0.370 e. The van der Waals surface area contributed by atoms with E-state index in [1.54, 1.807) is 0 Å². The Morgan fingerprint density at radius 3 is 1.38 bits per heavy atom. The monoisotopic (exact) mass is 129 g/mol. The number of hydrogen-bond donors (Lipinski definition) is 0. The van der Waals surface area contributed by atoms with Crippen LogP contribution in [0.3, 0.4) is 0 Å². The van der Waals surface area contributed by atoms with Crippen molar-refractivity contribution in [3.8, 4) is 0 Å². The first-order chi connectivity index (χ1) is 3.25. The molecule has 0 fully saturated rings. The Morgan fingerprint density at radius 1 is 1.25 bits per heavy atom. The van der Waals surface area contributed by atoms with Gasteiger partial charge in [-0.05, 0) is 6.92 Å². The summed E-state index contributed by atoms with van der Waals surface area (Å²) in [6, 6.07) is 0. The van der Waals surface area contributed by atoms with Crippen molar-refractivity contribution in [2.45, 2.75) is 19.6 Å². The van der Waals surface area contributed by atoms with Gasteiger partial charge in [-0.2, -0.15) is 0 Å². The zero-order valence-corrected chi connectivity index (χ0v) is 4.59. The van der Waals surface area contributed by atoms with Crippen molar-refractivity contribution < 1.29 is 17.4 Å². The van der Waals surface area contributed by atoms with Crippen LogP contribution >= 0.6 is 0 Å². The van der Waals surface area contributed by atoms with E-state index in [0.717, 1.165) is 0 Å².